The predicted molar refractivity (Wildman–Crippen MR) is 44.5 cm³/mol. The molecule has 0 spiro atoms. The van der Waals surface area contributed by atoms with Gasteiger partial charge in [-0.05, 0) is 25.7 Å². The zero-order valence-corrected chi connectivity index (χ0v) is 7.18. The van der Waals surface area contributed by atoms with Crippen LogP contribution in [0.15, 0.2) is 0 Å². The number of amides is 1. The van der Waals surface area contributed by atoms with Crippen LogP contribution in [0.2, 0.25) is 0 Å². The van der Waals surface area contributed by atoms with Crippen LogP contribution in [-0.4, -0.2) is 24.2 Å². The Morgan fingerprint density at radius 2 is 2.33 bits per heavy atom. The number of hydrogen-bond donors (Lipinski definition) is 2. The Bertz CT molecular complexity index is 199. The normalized spacial score (nSPS) is 32.8. The summed E-state index contributed by atoms with van der Waals surface area (Å²) >= 11 is 0. The SMILES string of the molecule is O=C1NCCCC1C1(CO)CC1. The monoisotopic (exact) mass is 169 g/mol. The third-order valence-corrected chi connectivity index (χ3v) is 3.23. The molecule has 1 saturated heterocycles. The second-order valence-electron chi connectivity index (χ2n) is 4.01. The van der Waals surface area contributed by atoms with Gasteiger partial charge in [-0.25, -0.2) is 0 Å². The van der Waals surface area contributed by atoms with E-state index in [0.29, 0.717) is 0 Å². The van der Waals surface area contributed by atoms with Crippen LogP contribution >= 0.6 is 0 Å². The van der Waals surface area contributed by atoms with Crippen LogP contribution in [0.25, 0.3) is 0 Å². The summed E-state index contributed by atoms with van der Waals surface area (Å²) in [6.07, 6.45) is 4.09. The van der Waals surface area contributed by atoms with E-state index < -0.39 is 0 Å². The van der Waals surface area contributed by atoms with Crippen molar-refractivity contribution in [1.82, 2.24) is 5.32 Å². The van der Waals surface area contributed by atoms with E-state index in [4.69, 9.17) is 5.11 Å². The van der Waals surface area contributed by atoms with Crippen molar-refractivity contribution >= 4 is 5.91 Å². The van der Waals surface area contributed by atoms with E-state index in [1.807, 2.05) is 0 Å². The molecule has 0 aromatic carbocycles. The van der Waals surface area contributed by atoms with Crippen molar-refractivity contribution in [2.24, 2.45) is 11.3 Å². The number of nitrogens with one attached hydrogen (secondary N) is 1. The fourth-order valence-electron chi connectivity index (χ4n) is 2.13. The molecule has 3 nitrogen and oxygen atoms in total. The minimum atomic E-state index is -0.0233. The first-order chi connectivity index (χ1) is 5.78. The lowest BCUT2D eigenvalue weighted by atomic mass is 9.83. The largest absolute Gasteiger partial charge is 0.396 e. The van der Waals surface area contributed by atoms with Gasteiger partial charge in [-0.2, -0.15) is 0 Å². The maximum absolute atomic E-state index is 11.4. The van der Waals surface area contributed by atoms with E-state index in [9.17, 15) is 4.79 Å². The van der Waals surface area contributed by atoms with Crippen molar-refractivity contribution in [3.05, 3.63) is 0 Å². The lowest BCUT2D eigenvalue weighted by Gasteiger charge is -2.28. The van der Waals surface area contributed by atoms with Crippen LogP contribution in [0.4, 0.5) is 0 Å². The second-order valence-corrected chi connectivity index (χ2v) is 4.01. The van der Waals surface area contributed by atoms with Gasteiger partial charge in [-0.3, -0.25) is 4.79 Å². The molecule has 1 amide bonds. The molecule has 1 atom stereocenters. The fraction of sp³-hybridized carbons (Fsp3) is 0.889. The molecular formula is C9H15NO2. The van der Waals surface area contributed by atoms with Crippen LogP contribution in [0.3, 0.4) is 0 Å². The molecule has 68 valence electrons. The Kier molecular flexibility index (Phi) is 1.83. The Labute approximate surface area is 72.2 Å². The van der Waals surface area contributed by atoms with E-state index in [0.717, 1.165) is 32.2 Å². The van der Waals surface area contributed by atoms with Gasteiger partial charge in [0.05, 0.1) is 0 Å². The molecule has 1 aliphatic heterocycles. The highest BCUT2D eigenvalue weighted by Crippen LogP contribution is 2.53. The molecule has 2 N–H and O–H groups in total. The van der Waals surface area contributed by atoms with Gasteiger partial charge in [0.2, 0.25) is 5.91 Å². The van der Waals surface area contributed by atoms with Crippen LogP contribution in [-0.2, 0) is 4.79 Å². The Balaban J connectivity index is 2.06. The summed E-state index contributed by atoms with van der Waals surface area (Å²) in [5.41, 5.74) is -0.0233. The molecule has 1 unspecified atom stereocenters. The number of aliphatic hydroxyl groups is 1. The summed E-state index contributed by atoms with van der Waals surface area (Å²) in [4.78, 5) is 11.4. The number of piperidine rings is 1. The second kappa shape index (κ2) is 2.73. The van der Waals surface area contributed by atoms with Gasteiger partial charge < -0.3 is 10.4 Å². The van der Waals surface area contributed by atoms with Gasteiger partial charge in [0.1, 0.15) is 0 Å². The number of aliphatic hydroxyl groups excluding tert-OH is 1. The van der Waals surface area contributed by atoms with Crippen LogP contribution in [0.5, 0.6) is 0 Å². The van der Waals surface area contributed by atoms with Gasteiger partial charge >= 0.3 is 0 Å². The molecule has 1 aliphatic carbocycles. The Hall–Kier alpha value is -0.570. The number of carbonyl (C=O) groups excluding carboxylic acids is 1. The third-order valence-electron chi connectivity index (χ3n) is 3.23. The standard InChI is InChI=1S/C9H15NO2/c11-6-9(3-4-9)7-2-1-5-10-8(7)12/h7,11H,1-6H2,(H,10,12). The van der Waals surface area contributed by atoms with E-state index in [2.05, 4.69) is 5.32 Å². The maximum atomic E-state index is 11.4. The molecule has 2 rings (SSSR count). The molecule has 0 radical (unpaired) electrons. The number of hydrogen-bond acceptors (Lipinski definition) is 2. The highest BCUT2D eigenvalue weighted by molar-refractivity contribution is 5.80. The predicted octanol–water partition coefficient (Wildman–Crippen LogP) is 0.285. The van der Waals surface area contributed by atoms with Gasteiger partial charge in [-0.15, -0.1) is 0 Å². The molecule has 0 aromatic heterocycles. The van der Waals surface area contributed by atoms with Crippen LogP contribution in [0.1, 0.15) is 25.7 Å². The highest BCUT2D eigenvalue weighted by Gasteiger charge is 2.52. The van der Waals surface area contributed by atoms with E-state index in [1.165, 1.54) is 0 Å². The van der Waals surface area contributed by atoms with Gasteiger partial charge in [-0.1, -0.05) is 0 Å². The first kappa shape index (κ1) is 8.05. The molecule has 3 heteroatoms. The molecule has 0 aromatic rings. The van der Waals surface area contributed by atoms with E-state index in [1.54, 1.807) is 0 Å². The minimum absolute atomic E-state index is 0.0233. The molecule has 12 heavy (non-hydrogen) atoms. The zero-order chi connectivity index (χ0) is 8.60. The lowest BCUT2D eigenvalue weighted by molar-refractivity contribution is -0.129. The van der Waals surface area contributed by atoms with Crippen molar-refractivity contribution in [2.75, 3.05) is 13.2 Å². The summed E-state index contributed by atoms with van der Waals surface area (Å²) in [7, 11) is 0. The zero-order valence-electron chi connectivity index (χ0n) is 7.18. The van der Waals surface area contributed by atoms with Crippen molar-refractivity contribution in [1.29, 1.82) is 0 Å². The van der Waals surface area contributed by atoms with Gasteiger partial charge in [0.25, 0.3) is 0 Å². The molecule has 2 fully saturated rings. The first-order valence-corrected chi connectivity index (χ1v) is 4.67. The van der Waals surface area contributed by atoms with Crippen LogP contribution < -0.4 is 5.32 Å². The number of carbonyl (C=O) groups is 1. The van der Waals surface area contributed by atoms with Gasteiger partial charge in [0, 0.05) is 24.5 Å². The summed E-state index contributed by atoms with van der Waals surface area (Å²) in [5, 5.41) is 12.0. The lowest BCUT2D eigenvalue weighted by Crippen LogP contribution is -2.42. The maximum Gasteiger partial charge on any atom is 0.223 e. The Morgan fingerprint density at radius 1 is 1.58 bits per heavy atom. The average molecular weight is 169 g/mol. The van der Waals surface area contributed by atoms with Crippen LogP contribution in [0, 0.1) is 11.3 Å². The minimum Gasteiger partial charge on any atom is -0.396 e. The van der Waals surface area contributed by atoms with Gasteiger partial charge in [0.15, 0.2) is 0 Å². The summed E-state index contributed by atoms with van der Waals surface area (Å²) in [6, 6.07) is 0. The summed E-state index contributed by atoms with van der Waals surface area (Å²) in [6.45, 7) is 1.00. The summed E-state index contributed by atoms with van der Waals surface area (Å²) in [5.74, 6) is 0.254. The van der Waals surface area contributed by atoms with Crippen molar-refractivity contribution < 1.29 is 9.90 Å². The van der Waals surface area contributed by atoms with E-state index >= 15 is 0 Å². The smallest absolute Gasteiger partial charge is 0.223 e. The number of rotatable bonds is 2. The quantitative estimate of drug-likeness (QED) is 0.624. The summed E-state index contributed by atoms with van der Waals surface area (Å²) < 4.78 is 0. The topological polar surface area (TPSA) is 49.3 Å². The molecule has 0 bridgehead atoms. The molecule has 2 aliphatic rings. The highest BCUT2D eigenvalue weighted by atomic mass is 16.3. The Morgan fingerprint density at radius 3 is 2.83 bits per heavy atom. The van der Waals surface area contributed by atoms with Crippen molar-refractivity contribution in [2.45, 2.75) is 25.7 Å². The van der Waals surface area contributed by atoms with Crippen molar-refractivity contribution in [3.63, 3.8) is 0 Å². The first-order valence-electron chi connectivity index (χ1n) is 4.67. The molecule has 1 saturated carbocycles. The van der Waals surface area contributed by atoms with Crippen molar-refractivity contribution in [3.8, 4) is 0 Å². The van der Waals surface area contributed by atoms with E-state index in [-0.39, 0.29) is 23.8 Å². The fourth-order valence-corrected chi connectivity index (χ4v) is 2.13. The third kappa shape index (κ3) is 1.12. The molecule has 1 heterocycles. The average Bonchev–Trinajstić information content (AvgIpc) is 2.86. The molecular weight excluding hydrogens is 154 g/mol.